The Balaban J connectivity index is 2.31. The van der Waals surface area contributed by atoms with Crippen LogP contribution in [0.4, 0.5) is 0 Å². The lowest BCUT2D eigenvalue weighted by Crippen LogP contribution is -2.60. The first-order valence-corrected chi connectivity index (χ1v) is 31.4. The molecular weight excluding hydrogens is 981 g/mol. The molecule has 0 amide bonds. The van der Waals surface area contributed by atoms with Gasteiger partial charge in [-0.15, -0.1) is 0 Å². The molecule has 1 saturated heterocycles. The van der Waals surface area contributed by atoms with Crippen molar-refractivity contribution >= 4 is 16.4 Å². The summed E-state index contributed by atoms with van der Waals surface area (Å²) in [5, 5.41) is 30.9. The predicted molar refractivity (Wildman–Crippen MR) is 312 cm³/mol. The number of aliphatic hydroxyl groups is 3. The molecule has 1 aliphatic heterocycles. The van der Waals surface area contributed by atoms with Crippen LogP contribution >= 0.6 is 0 Å². The zero-order valence-corrected chi connectivity index (χ0v) is 48.4. The fraction of sp³-hybridized carbons (Fsp3) is 0.730. The Morgan fingerprint density at radius 2 is 0.908 bits per heavy atom. The topological polar surface area (TPSA) is 178 Å². The lowest BCUT2D eigenvalue weighted by atomic mass is 9.99. The molecule has 1 heterocycles. The molecule has 0 spiro atoms. The molecular formula is C63H108O12S. The highest BCUT2D eigenvalue weighted by atomic mass is 32.3. The third-order valence-electron chi connectivity index (χ3n) is 13.2. The smallest absolute Gasteiger partial charge is 0.397 e. The molecule has 1 aliphatic rings. The number of esters is 1. The van der Waals surface area contributed by atoms with Crippen molar-refractivity contribution in [3.63, 3.8) is 0 Å². The van der Waals surface area contributed by atoms with Gasteiger partial charge < -0.3 is 34.3 Å². The van der Waals surface area contributed by atoms with Gasteiger partial charge in [0.25, 0.3) is 0 Å². The standard InChI is InChI=1S/C63H108O12S/c1-3-5-7-9-11-13-15-17-19-21-23-25-27-29-30-32-34-36-38-40-42-44-46-48-50-52-59(65)73-57(56-72-63-61(67)62(75-76(68,69)70)60(66)58(54-64)74-63)55-71-53-51-49-47-45-43-41-39-37-35-33-31-28-26-24-22-20-18-16-14-12-10-8-6-4-2/h6,8,12,14-15,17-18,20-21,23-24,26-27,29,31,33,57-58,60-64,66-67H,3-5,7,9-11,13,16,19,22,25,28,30,32,34-56H2,1-2H3,(H,68,69,70)/b8-6-,14-12-,17-15-,20-18-,23-21-,26-24-,29-27-,33-31-. The van der Waals surface area contributed by atoms with E-state index in [0.29, 0.717) is 13.0 Å². The summed E-state index contributed by atoms with van der Waals surface area (Å²) in [6.45, 7) is 3.86. The maximum atomic E-state index is 13.0. The lowest BCUT2D eigenvalue weighted by Gasteiger charge is -2.41. The van der Waals surface area contributed by atoms with E-state index in [4.69, 9.17) is 18.9 Å². The van der Waals surface area contributed by atoms with Crippen LogP contribution in [0.3, 0.4) is 0 Å². The lowest BCUT2D eigenvalue weighted by molar-refractivity contribution is -0.301. The molecule has 13 heteroatoms. The highest BCUT2D eigenvalue weighted by Gasteiger charge is 2.48. The minimum absolute atomic E-state index is 0.0232. The van der Waals surface area contributed by atoms with E-state index in [-0.39, 0.29) is 19.6 Å². The first-order chi connectivity index (χ1) is 37.1. The van der Waals surface area contributed by atoms with Gasteiger partial charge in [-0.1, -0.05) is 227 Å². The van der Waals surface area contributed by atoms with Crippen LogP contribution < -0.4 is 0 Å². The van der Waals surface area contributed by atoms with E-state index in [1.165, 1.54) is 109 Å². The van der Waals surface area contributed by atoms with Gasteiger partial charge in [-0.05, 0) is 96.3 Å². The number of ether oxygens (including phenoxy) is 4. The van der Waals surface area contributed by atoms with Crippen molar-refractivity contribution in [1.82, 2.24) is 0 Å². The minimum Gasteiger partial charge on any atom is -0.457 e. The van der Waals surface area contributed by atoms with Crippen LogP contribution in [0, 0.1) is 0 Å². The summed E-state index contributed by atoms with van der Waals surface area (Å²) in [4.78, 5) is 13.0. The molecule has 0 aromatic rings. The first-order valence-electron chi connectivity index (χ1n) is 30.0. The van der Waals surface area contributed by atoms with Crippen molar-refractivity contribution < 1.29 is 56.2 Å². The van der Waals surface area contributed by atoms with Gasteiger partial charge in [0.15, 0.2) is 6.29 Å². The average Bonchev–Trinajstić information content (AvgIpc) is 3.40. The van der Waals surface area contributed by atoms with Gasteiger partial charge in [0.2, 0.25) is 0 Å². The zero-order valence-electron chi connectivity index (χ0n) is 47.5. The van der Waals surface area contributed by atoms with Crippen LogP contribution in [-0.2, 0) is 38.3 Å². The fourth-order valence-corrected chi connectivity index (χ4v) is 9.22. The summed E-state index contributed by atoms with van der Waals surface area (Å²) in [6, 6.07) is 0. The maximum absolute atomic E-state index is 13.0. The molecule has 0 radical (unpaired) electrons. The van der Waals surface area contributed by atoms with E-state index >= 15 is 0 Å². The number of rotatable bonds is 52. The van der Waals surface area contributed by atoms with Gasteiger partial charge in [-0.2, -0.15) is 8.42 Å². The van der Waals surface area contributed by atoms with Gasteiger partial charge >= 0.3 is 16.4 Å². The molecule has 0 bridgehead atoms. The fourth-order valence-electron chi connectivity index (χ4n) is 8.71. The number of carbonyl (C=O) groups is 1. The molecule has 4 N–H and O–H groups in total. The minimum atomic E-state index is -5.08. The van der Waals surface area contributed by atoms with Crippen LogP contribution in [-0.4, -0.2) is 97.5 Å². The van der Waals surface area contributed by atoms with Crippen LogP contribution in [0.2, 0.25) is 0 Å². The third-order valence-corrected chi connectivity index (χ3v) is 13.7. The Kier molecular flexibility index (Phi) is 49.3. The Bertz CT molecular complexity index is 1680. The maximum Gasteiger partial charge on any atom is 0.397 e. The second-order valence-electron chi connectivity index (χ2n) is 20.2. The van der Waals surface area contributed by atoms with E-state index < -0.39 is 59.8 Å². The Morgan fingerprint density at radius 3 is 1.33 bits per heavy atom. The molecule has 6 unspecified atom stereocenters. The van der Waals surface area contributed by atoms with E-state index in [1.807, 2.05) is 0 Å². The molecule has 0 saturated carbocycles. The van der Waals surface area contributed by atoms with Crippen molar-refractivity contribution in [1.29, 1.82) is 0 Å². The monoisotopic (exact) mass is 1090 g/mol. The molecule has 12 nitrogen and oxygen atoms in total. The first kappa shape index (κ1) is 71.0. The van der Waals surface area contributed by atoms with Crippen molar-refractivity contribution in [3.8, 4) is 0 Å². The summed E-state index contributed by atoms with van der Waals surface area (Å²) in [6.07, 6.45) is 64.4. The molecule has 438 valence electrons. The van der Waals surface area contributed by atoms with Crippen molar-refractivity contribution in [2.75, 3.05) is 26.4 Å². The van der Waals surface area contributed by atoms with Crippen LogP contribution in [0.5, 0.6) is 0 Å². The number of carbonyl (C=O) groups excluding carboxylic acids is 1. The van der Waals surface area contributed by atoms with Crippen LogP contribution in [0.1, 0.15) is 232 Å². The predicted octanol–water partition coefficient (Wildman–Crippen LogP) is 15.3. The van der Waals surface area contributed by atoms with Crippen LogP contribution in [0.15, 0.2) is 97.2 Å². The Morgan fingerprint density at radius 1 is 0.513 bits per heavy atom. The summed E-state index contributed by atoms with van der Waals surface area (Å²) in [7, 11) is -5.08. The SMILES string of the molecule is CC/C=C\C/C=C\C/C=C\C/C=C\C/C=C\CCCCCCCCCCOCC(COC1OC(CO)C(O)C(OS(=O)(=O)O)C1O)OC(=O)CCCCCCCCCCCC/C=C\C/C=C\C/C=C\CCCCCCC. The Labute approximate surface area is 463 Å². The van der Waals surface area contributed by atoms with Crippen molar-refractivity contribution in [2.45, 2.75) is 269 Å². The number of hydrogen-bond donors (Lipinski definition) is 4. The number of hydrogen-bond acceptors (Lipinski definition) is 11. The Hall–Kier alpha value is -2.98. The van der Waals surface area contributed by atoms with Crippen molar-refractivity contribution in [3.05, 3.63) is 97.2 Å². The van der Waals surface area contributed by atoms with Gasteiger partial charge in [0.05, 0.1) is 19.8 Å². The largest absolute Gasteiger partial charge is 0.457 e. The quantitative estimate of drug-likeness (QED) is 0.0196. The highest BCUT2D eigenvalue weighted by Crippen LogP contribution is 2.26. The normalized spacial score (nSPS) is 19.3. The van der Waals surface area contributed by atoms with E-state index in [9.17, 15) is 33.1 Å². The molecule has 1 rings (SSSR count). The summed E-state index contributed by atoms with van der Waals surface area (Å²) in [5.41, 5.74) is 0. The molecule has 0 aromatic carbocycles. The van der Waals surface area contributed by atoms with Gasteiger partial charge in [-0.3, -0.25) is 9.35 Å². The average molecular weight is 1090 g/mol. The molecule has 1 fully saturated rings. The van der Waals surface area contributed by atoms with E-state index in [2.05, 4.69) is 115 Å². The zero-order chi connectivity index (χ0) is 55.3. The summed E-state index contributed by atoms with van der Waals surface area (Å²) < 4.78 is 59.5. The highest BCUT2D eigenvalue weighted by molar-refractivity contribution is 7.80. The summed E-state index contributed by atoms with van der Waals surface area (Å²) in [5.74, 6) is -0.408. The van der Waals surface area contributed by atoms with Crippen molar-refractivity contribution in [2.24, 2.45) is 0 Å². The van der Waals surface area contributed by atoms with Gasteiger partial charge in [0, 0.05) is 13.0 Å². The molecule has 0 aliphatic carbocycles. The van der Waals surface area contributed by atoms with E-state index in [1.54, 1.807) is 0 Å². The second kappa shape index (κ2) is 52.7. The van der Waals surface area contributed by atoms with E-state index in [0.717, 1.165) is 96.3 Å². The van der Waals surface area contributed by atoms with Gasteiger partial charge in [-0.25, -0.2) is 4.18 Å². The summed E-state index contributed by atoms with van der Waals surface area (Å²) >= 11 is 0. The molecule has 6 atom stereocenters. The number of unbranched alkanes of at least 4 members (excludes halogenated alkanes) is 23. The van der Waals surface area contributed by atoms with Crippen LogP contribution in [0.25, 0.3) is 0 Å². The second-order valence-corrected chi connectivity index (χ2v) is 21.3. The third kappa shape index (κ3) is 44.9. The number of allylic oxidation sites excluding steroid dienone is 16. The molecule has 0 aromatic heterocycles. The number of aliphatic hydroxyl groups excluding tert-OH is 3. The molecule has 76 heavy (non-hydrogen) atoms. The van der Waals surface area contributed by atoms with Gasteiger partial charge in [0.1, 0.15) is 30.5 Å².